The van der Waals surface area contributed by atoms with E-state index in [1.165, 1.54) is 17.6 Å². The first-order valence-corrected chi connectivity index (χ1v) is 9.05. The molecule has 1 aliphatic heterocycles. The fraction of sp³-hybridized carbons (Fsp3) is 0.263. The first-order valence-electron chi connectivity index (χ1n) is 9.05. The van der Waals surface area contributed by atoms with Gasteiger partial charge in [-0.25, -0.2) is 14.6 Å². The van der Waals surface area contributed by atoms with E-state index in [4.69, 9.17) is 5.10 Å². The molecule has 0 unspecified atom stereocenters. The second-order valence-electron chi connectivity index (χ2n) is 6.69. The third-order valence-corrected chi connectivity index (χ3v) is 5.04. The van der Waals surface area contributed by atoms with Crippen LogP contribution < -0.4 is 5.32 Å². The van der Waals surface area contributed by atoms with Gasteiger partial charge >= 0.3 is 0 Å². The highest BCUT2D eigenvalue weighted by Crippen LogP contribution is 2.26. The Balaban J connectivity index is 1.45. The van der Waals surface area contributed by atoms with Gasteiger partial charge in [-0.15, -0.1) is 0 Å². The van der Waals surface area contributed by atoms with Crippen LogP contribution in [0.25, 0.3) is 17.2 Å². The maximum absolute atomic E-state index is 4.75. The van der Waals surface area contributed by atoms with Crippen molar-refractivity contribution in [3.8, 4) is 17.2 Å². The predicted molar refractivity (Wildman–Crippen MR) is 100 cm³/mol. The van der Waals surface area contributed by atoms with Gasteiger partial charge in [-0.3, -0.25) is 4.68 Å². The highest BCUT2D eigenvalue weighted by Gasteiger charge is 2.19. The van der Waals surface area contributed by atoms with Crippen LogP contribution >= 0.6 is 0 Å². The Labute approximate surface area is 156 Å². The lowest BCUT2D eigenvalue weighted by molar-refractivity contribution is 0.476. The van der Waals surface area contributed by atoms with Crippen LogP contribution in [0.3, 0.4) is 0 Å². The van der Waals surface area contributed by atoms with Crippen LogP contribution in [0.15, 0.2) is 55.4 Å². The molecule has 0 fully saturated rings. The van der Waals surface area contributed by atoms with Gasteiger partial charge in [-0.1, -0.05) is 12.1 Å². The van der Waals surface area contributed by atoms with Gasteiger partial charge in [-0.05, 0) is 30.7 Å². The third kappa shape index (κ3) is 2.83. The number of hydrogen-bond donors (Lipinski definition) is 1. The Kier molecular flexibility index (Phi) is 3.83. The summed E-state index contributed by atoms with van der Waals surface area (Å²) in [5.41, 5.74) is 4.31. The number of nitrogens with one attached hydrogen (secondary N) is 1. The van der Waals surface area contributed by atoms with Gasteiger partial charge in [0.2, 0.25) is 0 Å². The second kappa shape index (κ2) is 6.48. The fourth-order valence-electron chi connectivity index (χ4n) is 3.53. The molecule has 0 amide bonds. The molecule has 1 aliphatic rings. The molecule has 136 valence electrons. The van der Waals surface area contributed by atoms with Crippen molar-refractivity contribution >= 4 is 0 Å². The zero-order valence-corrected chi connectivity index (χ0v) is 15.0. The number of nitrogens with zero attached hydrogens (tertiary/aromatic N) is 7. The number of aromatic nitrogens is 7. The lowest BCUT2D eigenvalue weighted by Gasteiger charge is -2.16. The standard InChI is InChI=1S/C19H20N8/c1-14(15-2-4-16(5-3-15)27-13-21-12-23-27)25-8-7-22-19(25)18-10-17-11-20-6-9-26(17)24-18/h2-5,7-8,10,12-14,20H,6,9,11H2,1H3/t14-/m0/s1. The molecule has 8 nitrogen and oxygen atoms in total. The Morgan fingerprint density at radius 3 is 2.85 bits per heavy atom. The molecule has 1 atom stereocenters. The number of rotatable bonds is 4. The van der Waals surface area contributed by atoms with Crippen LogP contribution in [-0.2, 0) is 13.1 Å². The van der Waals surface area contributed by atoms with Crippen molar-refractivity contribution in [2.24, 2.45) is 0 Å². The van der Waals surface area contributed by atoms with E-state index in [-0.39, 0.29) is 6.04 Å². The lowest BCUT2D eigenvalue weighted by atomic mass is 10.1. The van der Waals surface area contributed by atoms with E-state index < -0.39 is 0 Å². The molecule has 8 heteroatoms. The van der Waals surface area contributed by atoms with Crippen LogP contribution in [0.2, 0.25) is 0 Å². The van der Waals surface area contributed by atoms with Crippen LogP contribution in [0.5, 0.6) is 0 Å². The van der Waals surface area contributed by atoms with Gasteiger partial charge in [0.25, 0.3) is 0 Å². The maximum atomic E-state index is 4.75. The monoisotopic (exact) mass is 360 g/mol. The van der Waals surface area contributed by atoms with Crippen molar-refractivity contribution < 1.29 is 0 Å². The minimum absolute atomic E-state index is 0.143. The number of fused-ring (bicyclic) bond motifs is 1. The van der Waals surface area contributed by atoms with Crippen molar-refractivity contribution in [2.45, 2.75) is 26.1 Å². The van der Waals surface area contributed by atoms with Crippen LogP contribution in [0, 0.1) is 0 Å². The topological polar surface area (TPSA) is 78.4 Å². The first-order chi connectivity index (χ1) is 13.3. The van der Waals surface area contributed by atoms with Crippen molar-refractivity contribution in [3.63, 3.8) is 0 Å². The van der Waals surface area contributed by atoms with Crippen LogP contribution in [-0.4, -0.2) is 40.6 Å². The molecule has 4 aromatic rings. The Morgan fingerprint density at radius 1 is 1.19 bits per heavy atom. The van der Waals surface area contributed by atoms with E-state index in [1.54, 1.807) is 11.0 Å². The molecule has 0 bridgehead atoms. The molecular weight excluding hydrogens is 340 g/mol. The number of imidazole rings is 1. The summed E-state index contributed by atoms with van der Waals surface area (Å²) in [6, 6.07) is 10.6. The molecule has 3 aromatic heterocycles. The smallest absolute Gasteiger partial charge is 0.161 e. The molecule has 27 heavy (non-hydrogen) atoms. The summed E-state index contributed by atoms with van der Waals surface area (Å²) in [7, 11) is 0. The molecule has 5 rings (SSSR count). The minimum atomic E-state index is 0.143. The average molecular weight is 360 g/mol. The maximum Gasteiger partial charge on any atom is 0.161 e. The zero-order valence-electron chi connectivity index (χ0n) is 15.0. The number of hydrogen-bond acceptors (Lipinski definition) is 5. The molecule has 0 spiro atoms. The first kappa shape index (κ1) is 16.0. The highest BCUT2D eigenvalue weighted by molar-refractivity contribution is 5.51. The van der Waals surface area contributed by atoms with Crippen LogP contribution in [0.4, 0.5) is 0 Å². The zero-order chi connectivity index (χ0) is 18.2. The van der Waals surface area contributed by atoms with Crippen molar-refractivity contribution in [1.82, 2.24) is 39.4 Å². The average Bonchev–Trinajstić information content (AvgIpc) is 3.47. The van der Waals surface area contributed by atoms with E-state index >= 15 is 0 Å². The van der Waals surface area contributed by atoms with Gasteiger partial charge in [-0.2, -0.15) is 10.2 Å². The van der Waals surface area contributed by atoms with Gasteiger partial charge < -0.3 is 9.88 Å². The summed E-state index contributed by atoms with van der Waals surface area (Å²) >= 11 is 0. The van der Waals surface area contributed by atoms with Gasteiger partial charge in [0.05, 0.1) is 24.0 Å². The quantitative estimate of drug-likeness (QED) is 0.603. The molecule has 0 aliphatic carbocycles. The Bertz CT molecular complexity index is 1020. The van der Waals surface area contributed by atoms with Crippen molar-refractivity contribution in [2.75, 3.05) is 6.54 Å². The summed E-state index contributed by atoms with van der Waals surface area (Å²) in [5.74, 6) is 0.893. The largest absolute Gasteiger partial charge is 0.322 e. The summed E-state index contributed by atoms with van der Waals surface area (Å²) in [6.07, 6.45) is 7.09. The molecule has 4 heterocycles. The van der Waals surface area contributed by atoms with E-state index in [0.717, 1.165) is 36.8 Å². The predicted octanol–water partition coefficient (Wildman–Crippen LogP) is 2.04. The molecule has 0 radical (unpaired) electrons. The molecule has 0 saturated carbocycles. The molecule has 0 saturated heterocycles. The second-order valence-corrected chi connectivity index (χ2v) is 6.69. The van der Waals surface area contributed by atoms with Gasteiger partial charge in [0.15, 0.2) is 5.82 Å². The van der Waals surface area contributed by atoms with E-state index in [2.05, 4.69) is 66.9 Å². The van der Waals surface area contributed by atoms with Crippen LogP contribution in [0.1, 0.15) is 24.2 Å². The minimum Gasteiger partial charge on any atom is -0.322 e. The normalized spacial score (nSPS) is 14.9. The Hall–Kier alpha value is -3.26. The SMILES string of the molecule is C[C@@H](c1ccc(-n2cncn2)cc1)n1ccnc1-c1cc2n(n1)CCNC2. The Morgan fingerprint density at radius 2 is 2.07 bits per heavy atom. The van der Waals surface area contributed by atoms with E-state index in [0.29, 0.717) is 0 Å². The van der Waals surface area contributed by atoms with Gasteiger partial charge in [0.1, 0.15) is 18.3 Å². The number of benzene rings is 1. The molecule has 1 N–H and O–H groups in total. The van der Waals surface area contributed by atoms with Gasteiger partial charge in [0, 0.05) is 25.5 Å². The molecular formula is C19H20N8. The van der Waals surface area contributed by atoms with E-state index in [1.807, 2.05) is 12.4 Å². The third-order valence-electron chi connectivity index (χ3n) is 5.04. The summed E-state index contributed by atoms with van der Waals surface area (Å²) in [5, 5.41) is 12.3. The fourth-order valence-corrected chi connectivity index (χ4v) is 3.53. The highest BCUT2D eigenvalue weighted by atomic mass is 15.3. The summed E-state index contributed by atoms with van der Waals surface area (Å²) in [6.45, 7) is 4.88. The van der Waals surface area contributed by atoms with Crippen molar-refractivity contribution in [3.05, 3.63) is 66.6 Å². The van der Waals surface area contributed by atoms with Crippen molar-refractivity contribution in [1.29, 1.82) is 0 Å². The summed E-state index contributed by atoms with van der Waals surface area (Å²) < 4.78 is 6.00. The van der Waals surface area contributed by atoms with E-state index in [9.17, 15) is 0 Å². The lowest BCUT2D eigenvalue weighted by Crippen LogP contribution is -2.28. The summed E-state index contributed by atoms with van der Waals surface area (Å²) in [4.78, 5) is 8.57. The molecule has 1 aromatic carbocycles.